The number of methoxy groups -OCH3 is 1. The largest absolute Gasteiger partial charge is 0.494 e. The van der Waals surface area contributed by atoms with Crippen LogP contribution in [0.1, 0.15) is 42.5 Å². The van der Waals surface area contributed by atoms with E-state index >= 15 is 0 Å². The molecule has 1 fully saturated rings. The lowest BCUT2D eigenvalue weighted by atomic mass is 9.99. The van der Waals surface area contributed by atoms with Crippen LogP contribution in [0.2, 0.25) is 0 Å². The summed E-state index contributed by atoms with van der Waals surface area (Å²) in [5, 5.41) is 12.9. The third-order valence-electron chi connectivity index (χ3n) is 6.88. The Labute approximate surface area is 233 Å². The summed E-state index contributed by atoms with van der Waals surface area (Å²) in [6, 6.07) is 18.0. The van der Waals surface area contributed by atoms with Gasteiger partial charge in [-0.15, -0.1) is 0 Å². The number of aliphatic hydroxyl groups is 1. The molecule has 1 amide bonds. The summed E-state index contributed by atoms with van der Waals surface area (Å²) in [5.74, 6) is -0.107. The summed E-state index contributed by atoms with van der Waals surface area (Å²) in [4.78, 5) is 28.0. The van der Waals surface area contributed by atoms with E-state index in [4.69, 9.17) is 24.4 Å². The van der Waals surface area contributed by atoms with Crippen LogP contribution < -0.4 is 15.5 Å². The third-order valence-corrected chi connectivity index (χ3v) is 6.88. The van der Waals surface area contributed by atoms with Crippen molar-refractivity contribution >= 4 is 22.5 Å². The lowest BCUT2D eigenvalue weighted by molar-refractivity contribution is -0.186. The van der Waals surface area contributed by atoms with Crippen molar-refractivity contribution < 1.29 is 24.2 Å². The summed E-state index contributed by atoms with van der Waals surface area (Å²) >= 11 is 0. The van der Waals surface area contributed by atoms with Crippen LogP contribution in [0.4, 0.5) is 5.69 Å². The first-order chi connectivity index (χ1) is 19.7. The second-order valence-corrected chi connectivity index (χ2v) is 9.62. The van der Waals surface area contributed by atoms with Gasteiger partial charge in [0.2, 0.25) is 0 Å². The van der Waals surface area contributed by atoms with Crippen molar-refractivity contribution in [1.82, 2.24) is 15.4 Å². The van der Waals surface area contributed by atoms with Crippen LogP contribution in [-0.2, 0) is 9.57 Å². The molecule has 1 unspecified atom stereocenters. The summed E-state index contributed by atoms with van der Waals surface area (Å²) in [6.45, 7) is 1.65. The highest BCUT2D eigenvalue weighted by molar-refractivity contribution is 6.09. The van der Waals surface area contributed by atoms with Gasteiger partial charge in [-0.25, -0.2) is 15.3 Å². The average Bonchev–Trinajstić information content (AvgIpc) is 3.02. The summed E-state index contributed by atoms with van der Waals surface area (Å²) in [5.41, 5.74) is 8.02. The highest BCUT2D eigenvalue weighted by Crippen LogP contribution is 2.37. The molecular weight excluding hydrogens is 508 g/mol. The molecule has 1 aliphatic heterocycles. The zero-order valence-corrected chi connectivity index (χ0v) is 22.6. The van der Waals surface area contributed by atoms with Crippen LogP contribution >= 0.6 is 0 Å². The van der Waals surface area contributed by atoms with Crippen LogP contribution in [0.25, 0.3) is 33.3 Å². The molecule has 9 nitrogen and oxygen atoms in total. The maximum atomic E-state index is 13.4. The monoisotopic (exact) mass is 542 g/mol. The Hall–Kier alpha value is -4.05. The lowest BCUT2D eigenvalue weighted by Crippen LogP contribution is -2.33. The molecular formula is C31H34N4O5. The number of aliphatic hydroxyl groups excluding tert-OH is 1. The molecule has 208 valence electrons. The van der Waals surface area contributed by atoms with Gasteiger partial charge >= 0.3 is 0 Å². The third kappa shape index (κ3) is 6.39. The molecule has 2 aromatic heterocycles. The molecule has 3 N–H and O–H groups in total. The van der Waals surface area contributed by atoms with Crippen LogP contribution in [0.3, 0.4) is 0 Å². The van der Waals surface area contributed by atoms with Crippen LogP contribution in [0, 0.1) is 0 Å². The van der Waals surface area contributed by atoms with Gasteiger partial charge in [-0.05, 0) is 55.0 Å². The van der Waals surface area contributed by atoms with Gasteiger partial charge in [-0.3, -0.25) is 9.78 Å². The standard InChI is InChI=1S/C31H34N4O5/c1-38-30-28(31(37)35-40-27-6-2-5-19-39-27)25-20-32-17-15-26(25)34-29(30)23-9-7-21(8-10-23)22-11-13-24(14-12-22)33-16-3-4-18-36/h7-15,17,20,27,33,36H,2-6,16,18-19H2,1H3,(H,35,37). The first-order valence-electron chi connectivity index (χ1n) is 13.6. The normalized spacial score (nSPS) is 15.1. The number of hydrogen-bond acceptors (Lipinski definition) is 8. The van der Waals surface area contributed by atoms with E-state index < -0.39 is 12.2 Å². The van der Waals surface area contributed by atoms with E-state index in [-0.39, 0.29) is 6.61 Å². The molecule has 0 spiro atoms. The lowest BCUT2D eigenvalue weighted by Gasteiger charge is -2.22. The zero-order chi connectivity index (χ0) is 27.7. The van der Waals surface area contributed by atoms with Crippen molar-refractivity contribution in [2.24, 2.45) is 0 Å². The number of anilines is 1. The van der Waals surface area contributed by atoms with Crippen LogP contribution in [0.5, 0.6) is 5.75 Å². The topological polar surface area (TPSA) is 115 Å². The average molecular weight is 543 g/mol. The highest BCUT2D eigenvalue weighted by Gasteiger charge is 2.24. The zero-order valence-electron chi connectivity index (χ0n) is 22.6. The molecule has 0 aliphatic carbocycles. The van der Waals surface area contributed by atoms with E-state index in [0.29, 0.717) is 34.5 Å². The number of pyridine rings is 2. The number of nitrogens with one attached hydrogen (secondary N) is 2. The number of fused-ring (bicyclic) bond motifs is 1. The number of hydrogen-bond donors (Lipinski definition) is 3. The molecule has 0 bridgehead atoms. The number of carbonyl (C=O) groups is 1. The molecule has 5 rings (SSSR count). The van der Waals surface area contributed by atoms with E-state index in [0.717, 1.165) is 61.0 Å². The summed E-state index contributed by atoms with van der Waals surface area (Å²) in [6.07, 6.45) is 7.19. The van der Waals surface area contributed by atoms with Crippen molar-refractivity contribution in [2.45, 2.75) is 38.4 Å². The predicted octanol–water partition coefficient (Wildman–Crippen LogP) is 5.34. The Balaban J connectivity index is 1.40. The van der Waals surface area contributed by atoms with Gasteiger partial charge in [0.1, 0.15) is 5.69 Å². The van der Waals surface area contributed by atoms with E-state index in [1.54, 1.807) is 18.5 Å². The second kappa shape index (κ2) is 13.3. The SMILES string of the molecule is COc1c(-c2ccc(-c3ccc(NCCCCO)cc3)cc2)nc2ccncc2c1C(=O)NOC1CCCCO1. The van der Waals surface area contributed by atoms with Crippen molar-refractivity contribution in [3.63, 3.8) is 0 Å². The highest BCUT2D eigenvalue weighted by atomic mass is 16.8. The molecule has 1 aliphatic rings. The van der Waals surface area contributed by atoms with Crippen molar-refractivity contribution in [3.8, 4) is 28.1 Å². The molecule has 2 aromatic carbocycles. The molecule has 0 saturated carbocycles. The number of ether oxygens (including phenoxy) is 2. The number of unbranched alkanes of at least 4 members (excludes halogenated alkanes) is 1. The van der Waals surface area contributed by atoms with Crippen molar-refractivity contribution in [2.75, 3.05) is 32.2 Å². The number of amides is 1. The minimum Gasteiger partial charge on any atom is -0.494 e. The van der Waals surface area contributed by atoms with Gasteiger partial charge in [0.15, 0.2) is 12.0 Å². The quantitative estimate of drug-likeness (QED) is 0.172. The Kier molecular flexibility index (Phi) is 9.18. The summed E-state index contributed by atoms with van der Waals surface area (Å²) < 4.78 is 11.3. The van der Waals surface area contributed by atoms with Gasteiger partial charge in [-0.1, -0.05) is 36.4 Å². The number of hydroxylamine groups is 1. The molecule has 1 atom stereocenters. The number of rotatable bonds is 11. The Bertz CT molecular complexity index is 1420. The van der Waals surface area contributed by atoms with Crippen LogP contribution in [-0.4, -0.2) is 54.1 Å². The van der Waals surface area contributed by atoms with Gasteiger partial charge in [0, 0.05) is 55.2 Å². The predicted molar refractivity (Wildman–Crippen MR) is 154 cm³/mol. The minimum atomic E-state index is -0.474. The first kappa shape index (κ1) is 27.5. The number of nitrogens with zero attached hydrogens (tertiary/aromatic N) is 2. The van der Waals surface area contributed by atoms with Gasteiger partial charge in [0.05, 0.1) is 18.2 Å². The van der Waals surface area contributed by atoms with Gasteiger partial charge in [0.25, 0.3) is 5.91 Å². The van der Waals surface area contributed by atoms with E-state index in [2.05, 4.69) is 40.0 Å². The molecule has 9 heteroatoms. The van der Waals surface area contributed by atoms with Gasteiger partial charge < -0.3 is 19.9 Å². The Morgan fingerprint density at radius 1 is 1.02 bits per heavy atom. The van der Waals surface area contributed by atoms with E-state index in [9.17, 15) is 4.79 Å². The van der Waals surface area contributed by atoms with Gasteiger partial charge in [-0.2, -0.15) is 0 Å². The molecule has 3 heterocycles. The fourth-order valence-corrected chi connectivity index (χ4v) is 4.75. The maximum Gasteiger partial charge on any atom is 0.279 e. The molecule has 1 saturated heterocycles. The number of carbonyl (C=O) groups excluding carboxylic acids is 1. The second-order valence-electron chi connectivity index (χ2n) is 9.62. The van der Waals surface area contributed by atoms with E-state index in [1.165, 1.54) is 7.11 Å². The summed E-state index contributed by atoms with van der Waals surface area (Å²) in [7, 11) is 1.53. The van der Waals surface area contributed by atoms with E-state index in [1.807, 2.05) is 24.3 Å². The first-order valence-corrected chi connectivity index (χ1v) is 13.6. The minimum absolute atomic E-state index is 0.215. The smallest absolute Gasteiger partial charge is 0.279 e. The van der Waals surface area contributed by atoms with Crippen LogP contribution in [0.15, 0.2) is 67.0 Å². The Morgan fingerprint density at radius 3 is 2.48 bits per heavy atom. The molecule has 40 heavy (non-hydrogen) atoms. The van der Waals surface area contributed by atoms with Crippen molar-refractivity contribution in [1.29, 1.82) is 0 Å². The number of benzene rings is 2. The number of aromatic nitrogens is 2. The Morgan fingerprint density at radius 2 is 1.77 bits per heavy atom. The molecule has 0 radical (unpaired) electrons. The maximum absolute atomic E-state index is 13.4. The molecule has 4 aromatic rings. The van der Waals surface area contributed by atoms with Crippen molar-refractivity contribution in [3.05, 3.63) is 72.6 Å². The fourth-order valence-electron chi connectivity index (χ4n) is 4.75. The fraction of sp³-hybridized carbons (Fsp3) is 0.323.